The van der Waals surface area contributed by atoms with E-state index in [2.05, 4.69) is 10.5 Å². The molecule has 3 rings (SSSR count). The summed E-state index contributed by atoms with van der Waals surface area (Å²) in [4.78, 5) is 23.1. The molecule has 0 atom stereocenters. The minimum absolute atomic E-state index is 0.0647. The number of benzene rings is 3. The van der Waals surface area contributed by atoms with E-state index in [1.54, 1.807) is 12.1 Å². The smallest absolute Gasteiger partial charge is 0.311 e. The van der Waals surface area contributed by atoms with Gasteiger partial charge in [0.15, 0.2) is 5.75 Å². The monoisotopic (exact) mass is 532 g/mol. The molecule has 0 aliphatic rings. The topological polar surface area (TPSA) is 140 Å². The molecular formula is C23H21ClN4O7S. The Balaban J connectivity index is 1.83. The Kier molecular flexibility index (Phi) is 8.46. The van der Waals surface area contributed by atoms with E-state index in [0.717, 1.165) is 4.31 Å². The number of hydrazone groups is 1. The molecule has 0 radical (unpaired) electrons. The number of carbonyl (C=O) groups excluding carboxylic acids is 1. The molecular weight excluding hydrogens is 512 g/mol. The van der Waals surface area contributed by atoms with Gasteiger partial charge in [-0.25, -0.2) is 13.8 Å². The van der Waals surface area contributed by atoms with Gasteiger partial charge in [0.25, 0.3) is 15.9 Å². The average molecular weight is 533 g/mol. The van der Waals surface area contributed by atoms with Crippen LogP contribution in [0, 0.1) is 10.1 Å². The van der Waals surface area contributed by atoms with Crippen molar-refractivity contribution in [3.63, 3.8) is 0 Å². The zero-order chi connectivity index (χ0) is 26.3. The van der Waals surface area contributed by atoms with Gasteiger partial charge in [0, 0.05) is 16.7 Å². The van der Waals surface area contributed by atoms with E-state index in [0.29, 0.717) is 11.3 Å². The molecule has 3 aromatic carbocycles. The number of carbonyl (C=O) groups is 1. The summed E-state index contributed by atoms with van der Waals surface area (Å²) in [6.07, 6.45) is 1.19. The number of nitro benzene ring substituents is 1. The Morgan fingerprint density at radius 3 is 2.44 bits per heavy atom. The number of hydrogen-bond acceptors (Lipinski definition) is 8. The highest BCUT2D eigenvalue weighted by atomic mass is 35.5. The standard InChI is InChI=1S/C23H21ClN4O7S/c1-34-19-7-9-20(10-8-19)36(32,33)27(18-5-3-4-17(24)13-18)15-23(29)26-25-14-16-6-11-22(35-2)21(12-16)28(30)31/h3-14H,15H2,1-2H3,(H,26,29)/b25-14-. The number of nitro groups is 1. The van der Waals surface area contributed by atoms with Gasteiger partial charge < -0.3 is 9.47 Å². The first kappa shape index (κ1) is 26.4. The van der Waals surface area contributed by atoms with Crippen LogP contribution in [0.25, 0.3) is 0 Å². The van der Waals surface area contributed by atoms with Crippen LogP contribution in [0.1, 0.15) is 5.56 Å². The van der Waals surface area contributed by atoms with Crippen LogP contribution < -0.4 is 19.2 Å². The molecule has 188 valence electrons. The van der Waals surface area contributed by atoms with Crippen LogP contribution in [0.2, 0.25) is 5.02 Å². The lowest BCUT2D eigenvalue weighted by Gasteiger charge is -2.24. The largest absolute Gasteiger partial charge is 0.497 e. The summed E-state index contributed by atoms with van der Waals surface area (Å²) in [5, 5.41) is 15.2. The van der Waals surface area contributed by atoms with Crippen LogP contribution in [-0.4, -0.2) is 46.2 Å². The van der Waals surface area contributed by atoms with Gasteiger partial charge in [0.2, 0.25) is 0 Å². The molecule has 13 heteroatoms. The van der Waals surface area contributed by atoms with E-state index < -0.39 is 27.4 Å². The number of methoxy groups -OCH3 is 2. The maximum atomic E-state index is 13.4. The van der Waals surface area contributed by atoms with Crippen molar-refractivity contribution in [1.82, 2.24) is 5.43 Å². The average Bonchev–Trinajstić information content (AvgIpc) is 2.87. The molecule has 1 N–H and O–H groups in total. The normalized spacial score (nSPS) is 11.2. The molecule has 0 fully saturated rings. The molecule has 11 nitrogen and oxygen atoms in total. The summed E-state index contributed by atoms with van der Waals surface area (Å²) in [5.74, 6) is -0.220. The predicted octanol–water partition coefficient (Wildman–Crippen LogP) is 3.61. The third-order valence-corrected chi connectivity index (χ3v) is 6.86. The number of ether oxygens (including phenoxy) is 2. The highest BCUT2D eigenvalue weighted by Crippen LogP contribution is 2.28. The van der Waals surface area contributed by atoms with Crippen molar-refractivity contribution in [2.45, 2.75) is 4.90 Å². The fourth-order valence-electron chi connectivity index (χ4n) is 3.10. The van der Waals surface area contributed by atoms with Crippen molar-refractivity contribution in [2.24, 2.45) is 5.10 Å². The van der Waals surface area contributed by atoms with Gasteiger partial charge in [-0.1, -0.05) is 17.7 Å². The minimum Gasteiger partial charge on any atom is -0.497 e. The number of anilines is 1. The highest BCUT2D eigenvalue weighted by Gasteiger charge is 2.27. The van der Waals surface area contributed by atoms with E-state index in [4.69, 9.17) is 21.1 Å². The summed E-state index contributed by atoms with van der Waals surface area (Å²) in [6.45, 7) is -0.616. The molecule has 0 heterocycles. The fraction of sp³-hybridized carbons (Fsp3) is 0.130. The molecule has 3 aromatic rings. The van der Waals surface area contributed by atoms with Crippen molar-refractivity contribution in [3.8, 4) is 11.5 Å². The maximum absolute atomic E-state index is 13.4. The van der Waals surface area contributed by atoms with Crippen molar-refractivity contribution >= 4 is 45.1 Å². The van der Waals surface area contributed by atoms with Crippen LogP contribution in [0.4, 0.5) is 11.4 Å². The quantitative estimate of drug-likeness (QED) is 0.239. The summed E-state index contributed by atoms with van der Waals surface area (Å²) in [6, 6.07) is 15.9. The maximum Gasteiger partial charge on any atom is 0.311 e. The van der Waals surface area contributed by atoms with Crippen molar-refractivity contribution in [1.29, 1.82) is 0 Å². The third kappa shape index (κ3) is 6.29. The molecule has 0 aliphatic heterocycles. The third-order valence-electron chi connectivity index (χ3n) is 4.83. The number of rotatable bonds is 10. The second-order valence-corrected chi connectivity index (χ2v) is 9.45. The number of amides is 1. The van der Waals surface area contributed by atoms with Crippen molar-refractivity contribution in [2.75, 3.05) is 25.1 Å². The minimum atomic E-state index is -4.17. The first-order valence-corrected chi connectivity index (χ1v) is 12.0. The number of nitrogens with zero attached hydrogens (tertiary/aromatic N) is 3. The lowest BCUT2D eigenvalue weighted by atomic mass is 10.2. The van der Waals surface area contributed by atoms with E-state index in [1.807, 2.05) is 0 Å². The van der Waals surface area contributed by atoms with E-state index in [1.165, 1.54) is 75.0 Å². The van der Waals surface area contributed by atoms with Gasteiger partial charge >= 0.3 is 5.69 Å². The Morgan fingerprint density at radius 2 is 1.83 bits per heavy atom. The molecule has 0 aromatic heterocycles. The second kappa shape index (κ2) is 11.5. The van der Waals surface area contributed by atoms with Gasteiger partial charge in [-0.3, -0.25) is 19.2 Å². The molecule has 0 saturated heterocycles. The van der Waals surface area contributed by atoms with Crippen LogP contribution in [-0.2, 0) is 14.8 Å². The lowest BCUT2D eigenvalue weighted by Crippen LogP contribution is -2.39. The molecule has 0 bridgehead atoms. The molecule has 0 saturated carbocycles. The highest BCUT2D eigenvalue weighted by molar-refractivity contribution is 7.92. The van der Waals surface area contributed by atoms with Crippen LogP contribution in [0.15, 0.2) is 76.7 Å². The SMILES string of the molecule is COc1ccc(S(=O)(=O)N(CC(=O)N/N=C\c2ccc(OC)c([N+](=O)[O-])c2)c2cccc(Cl)c2)cc1. The fourth-order valence-corrected chi connectivity index (χ4v) is 4.69. The van der Waals surface area contributed by atoms with Gasteiger partial charge in [-0.05, 0) is 54.6 Å². The summed E-state index contributed by atoms with van der Waals surface area (Å²) >= 11 is 6.05. The van der Waals surface area contributed by atoms with Crippen LogP contribution in [0.3, 0.4) is 0 Å². The van der Waals surface area contributed by atoms with Crippen LogP contribution in [0.5, 0.6) is 11.5 Å². The first-order chi connectivity index (χ1) is 17.1. The van der Waals surface area contributed by atoms with Gasteiger partial charge in [0.1, 0.15) is 12.3 Å². The van der Waals surface area contributed by atoms with Gasteiger partial charge in [-0.2, -0.15) is 5.10 Å². The van der Waals surface area contributed by atoms with Gasteiger partial charge in [0.05, 0.1) is 35.9 Å². The van der Waals surface area contributed by atoms with E-state index in [-0.39, 0.29) is 27.0 Å². The molecule has 0 aliphatic carbocycles. The Bertz CT molecular complexity index is 1400. The predicted molar refractivity (Wildman–Crippen MR) is 134 cm³/mol. The molecule has 0 spiro atoms. The number of hydrogen-bond donors (Lipinski definition) is 1. The summed E-state index contributed by atoms with van der Waals surface area (Å²) in [5.41, 5.74) is 2.45. The first-order valence-electron chi connectivity index (χ1n) is 10.2. The van der Waals surface area contributed by atoms with Gasteiger partial charge in [-0.15, -0.1) is 0 Å². The number of nitrogens with one attached hydrogen (secondary N) is 1. The Labute approximate surface area is 212 Å². The second-order valence-electron chi connectivity index (χ2n) is 7.15. The van der Waals surface area contributed by atoms with Crippen molar-refractivity contribution in [3.05, 3.63) is 87.4 Å². The number of sulfonamides is 1. The zero-order valence-electron chi connectivity index (χ0n) is 19.1. The van der Waals surface area contributed by atoms with E-state index >= 15 is 0 Å². The van der Waals surface area contributed by atoms with Crippen molar-refractivity contribution < 1.29 is 27.6 Å². The Hall–Kier alpha value is -4.16. The van der Waals surface area contributed by atoms with Crippen LogP contribution >= 0.6 is 11.6 Å². The summed E-state index contributed by atoms with van der Waals surface area (Å²) in [7, 11) is -1.41. The Morgan fingerprint density at radius 1 is 1.11 bits per heavy atom. The summed E-state index contributed by atoms with van der Waals surface area (Å²) < 4.78 is 37.7. The number of halogens is 1. The zero-order valence-corrected chi connectivity index (χ0v) is 20.7. The van der Waals surface area contributed by atoms with E-state index in [9.17, 15) is 23.3 Å². The molecule has 0 unspecified atom stereocenters. The molecule has 1 amide bonds. The lowest BCUT2D eigenvalue weighted by molar-refractivity contribution is -0.385. The molecule has 36 heavy (non-hydrogen) atoms.